The van der Waals surface area contributed by atoms with Crippen molar-refractivity contribution in [2.75, 3.05) is 32.7 Å². The number of nitrogens with zero attached hydrogens (tertiary/aromatic N) is 1. The molecule has 0 bridgehead atoms. The summed E-state index contributed by atoms with van der Waals surface area (Å²) in [5.41, 5.74) is 3.26. The number of hydrogen-bond acceptors (Lipinski definition) is 2. The molecule has 0 aromatic carbocycles. The zero-order chi connectivity index (χ0) is 9.10. The van der Waals surface area contributed by atoms with Crippen molar-refractivity contribution < 1.29 is 0 Å². The zero-order valence-corrected chi connectivity index (χ0v) is 8.60. The SMILES string of the molecule is CC(CN1CCCCC1)=C1CNC1. The van der Waals surface area contributed by atoms with Crippen LogP contribution in [0.15, 0.2) is 11.1 Å². The van der Waals surface area contributed by atoms with Gasteiger partial charge in [-0.2, -0.15) is 0 Å². The van der Waals surface area contributed by atoms with Gasteiger partial charge in [-0.3, -0.25) is 4.90 Å². The molecule has 2 saturated heterocycles. The second kappa shape index (κ2) is 4.25. The second-order valence-electron chi connectivity index (χ2n) is 4.32. The van der Waals surface area contributed by atoms with Crippen LogP contribution in [0.5, 0.6) is 0 Å². The van der Waals surface area contributed by atoms with E-state index in [2.05, 4.69) is 17.1 Å². The molecule has 0 spiro atoms. The van der Waals surface area contributed by atoms with E-state index in [9.17, 15) is 0 Å². The molecule has 2 nitrogen and oxygen atoms in total. The van der Waals surface area contributed by atoms with E-state index in [-0.39, 0.29) is 0 Å². The Labute approximate surface area is 81.0 Å². The normalized spacial score (nSPS) is 24.2. The van der Waals surface area contributed by atoms with Gasteiger partial charge in [0.15, 0.2) is 0 Å². The largest absolute Gasteiger partial charge is 0.309 e. The fourth-order valence-electron chi connectivity index (χ4n) is 2.12. The van der Waals surface area contributed by atoms with Crippen LogP contribution in [0.4, 0.5) is 0 Å². The first-order valence-electron chi connectivity index (χ1n) is 5.47. The molecule has 0 aliphatic carbocycles. The first kappa shape index (κ1) is 9.22. The zero-order valence-electron chi connectivity index (χ0n) is 8.60. The third-order valence-electron chi connectivity index (χ3n) is 3.19. The summed E-state index contributed by atoms with van der Waals surface area (Å²) in [6.07, 6.45) is 4.25. The molecule has 2 aliphatic heterocycles. The Balaban J connectivity index is 1.82. The summed E-state index contributed by atoms with van der Waals surface area (Å²) < 4.78 is 0. The number of hydrogen-bond donors (Lipinski definition) is 1. The Morgan fingerprint density at radius 1 is 1.23 bits per heavy atom. The summed E-state index contributed by atoms with van der Waals surface area (Å²) in [4.78, 5) is 2.60. The molecule has 1 N–H and O–H groups in total. The van der Waals surface area contributed by atoms with Gasteiger partial charge in [0, 0.05) is 19.6 Å². The van der Waals surface area contributed by atoms with E-state index in [1.807, 2.05) is 0 Å². The molecule has 2 rings (SSSR count). The fraction of sp³-hybridized carbons (Fsp3) is 0.818. The van der Waals surface area contributed by atoms with Crippen molar-refractivity contribution in [3.63, 3.8) is 0 Å². The van der Waals surface area contributed by atoms with Crippen molar-refractivity contribution in [3.05, 3.63) is 11.1 Å². The van der Waals surface area contributed by atoms with Gasteiger partial charge in [0.25, 0.3) is 0 Å². The second-order valence-corrected chi connectivity index (χ2v) is 4.32. The van der Waals surface area contributed by atoms with Gasteiger partial charge in [-0.15, -0.1) is 0 Å². The molecule has 2 heterocycles. The van der Waals surface area contributed by atoms with Crippen LogP contribution in [0.1, 0.15) is 26.2 Å². The molecule has 0 radical (unpaired) electrons. The van der Waals surface area contributed by atoms with Gasteiger partial charge in [0.1, 0.15) is 0 Å². The van der Waals surface area contributed by atoms with E-state index >= 15 is 0 Å². The Morgan fingerprint density at radius 2 is 1.92 bits per heavy atom. The third-order valence-corrected chi connectivity index (χ3v) is 3.19. The van der Waals surface area contributed by atoms with Gasteiger partial charge in [-0.1, -0.05) is 12.0 Å². The molecule has 74 valence electrons. The molecule has 0 aromatic rings. The van der Waals surface area contributed by atoms with Crippen LogP contribution in [0.2, 0.25) is 0 Å². The van der Waals surface area contributed by atoms with Crippen molar-refractivity contribution in [3.8, 4) is 0 Å². The summed E-state index contributed by atoms with van der Waals surface area (Å²) in [6.45, 7) is 8.43. The lowest BCUT2D eigenvalue weighted by molar-refractivity contribution is 0.245. The average molecular weight is 180 g/mol. The molecular weight excluding hydrogens is 160 g/mol. The fourth-order valence-corrected chi connectivity index (χ4v) is 2.12. The van der Waals surface area contributed by atoms with Crippen LogP contribution < -0.4 is 5.32 Å². The topological polar surface area (TPSA) is 15.3 Å². The van der Waals surface area contributed by atoms with Gasteiger partial charge in [-0.05, 0) is 38.4 Å². The highest BCUT2D eigenvalue weighted by atomic mass is 15.1. The molecule has 2 fully saturated rings. The van der Waals surface area contributed by atoms with E-state index in [0.717, 1.165) is 13.1 Å². The molecule has 0 atom stereocenters. The van der Waals surface area contributed by atoms with Crippen LogP contribution in [-0.2, 0) is 0 Å². The number of likely N-dealkylation sites (tertiary alicyclic amines) is 1. The molecule has 0 aromatic heterocycles. The van der Waals surface area contributed by atoms with Gasteiger partial charge in [-0.25, -0.2) is 0 Å². The highest BCUT2D eigenvalue weighted by Crippen LogP contribution is 2.14. The Bertz CT molecular complexity index is 196. The highest BCUT2D eigenvalue weighted by molar-refractivity contribution is 5.22. The van der Waals surface area contributed by atoms with Crippen LogP contribution in [0.3, 0.4) is 0 Å². The molecule has 0 amide bonds. The molecule has 0 unspecified atom stereocenters. The highest BCUT2D eigenvalue weighted by Gasteiger charge is 2.14. The van der Waals surface area contributed by atoms with E-state index in [1.54, 1.807) is 11.1 Å². The standard InChI is InChI=1S/C11H20N2/c1-10(11-7-12-8-11)9-13-5-3-2-4-6-13/h12H,2-9H2,1H3. The lowest BCUT2D eigenvalue weighted by Gasteiger charge is -2.29. The van der Waals surface area contributed by atoms with E-state index in [1.165, 1.54) is 38.9 Å². The molecule has 2 heteroatoms. The summed E-state index contributed by atoms with van der Waals surface area (Å²) in [7, 11) is 0. The van der Waals surface area contributed by atoms with Crippen LogP contribution in [0.25, 0.3) is 0 Å². The minimum Gasteiger partial charge on any atom is -0.309 e. The van der Waals surface area contributed by atoms with Crippen molar-refractivity contribution in [1.82, 2.24) is 10.2 Å². The monoisotopic (exact) mass is 180 g/mol. The Hall–Kier alpha value is -0.340. The summed E-state index contributed by atoms with van der Waals surface area (Å²) in [5, 5.41) is 3.30. The summed E-state index contributed by atoms with van der Waals surface area (Å²) in [5.74, 6) is 0. The molecule has 2 aliphatic rings. The summed E-state index contributed by atoms with van der Waals surface area (Å²) >= 11 is 0. The minimum absolute atomic E-state index is 1.14. The van der Waals surface area contributed by atoms with Crippen LogP contribution in [-0.4, -0.2) is 37.6 Å². The maximum absolute atomic E-state index is 3.30. The first-order valence-corrected chi connectivity index (χ1v) is 5.47. The lowest BCUT2D eigenvalue weighted by Crippen LogP contribution is -2.37. The minimum atomic E-state index is 1.14. The van der Waals surface area contributed by atoms with Gasteiger partial charge < -0.3 is 5.32 Å². The van der Waals surface area contributed by atoms with Gasteiger partial charge in [0.05, 0.1) is 0 Å². The smallest absolute Gasteiger partial charge is 0.0193 e. The Morgan fingerprint density at radius 3 is 2.46 bits per heavy atom. The van der Waals surface area contributed by atoms with E-state index in [0.29, 0.717) is 0 Å². The third kappa shape index (κ3) is 2.32. The molecule has 13 heavy (non-hydrogen) atoms. The van der Waals surface area contributed by atoms with Crippen LogP contribution >= 0.6 is 0 Å². The Kier molecular flexibility index (Phi) is 3.01. The summed E-state index contributed by atoms with van der Waals surface area (Å²) in [6, 6.07) is 0. The maximum Gasteiger partial charge on any atom is 0.0193 e. The van der Waals surface area contributed by atoms with Gasteiger partial charge >= 0.3 is 0 Å². The van der Waals surface area contributed by atoms with Crippen molar-refractivity contribution in [2.45, 2.75) is 26.2 Å². The van der Waals surface area contributed by atoms with E-state index in [4.69, 9.17) is 0 Å². The van der Waals surface area contributed by atoms with Crippen molar-refractivity contribution in [2.24, 2.45) is 0 Å². The predicted molar refractivity (Wildman–Crippen MR) is 55.9 cm³/mol. The molecular formula is C11H20N2. The first-order chi connectivity index (χ1) is 6.36. The number of piperidine rings is 1. The maximum atomic E-state index is 3.30. The lowest BCUT2D eigenvalue weighted by atomic mass is 10.0. The molecule has 0 saturated carbocycles. The van der Waals surface area contributed by atoms with Crippen molar-refractivity contribution in [1.29, 1.82) is 0 Å². The average Bonchev–Trinajstić information content (AvgIpc) is 2.02. The van der Waals surface area contributed by atoms with Crippen LogP contribution in [0, 0.1) is 0 Å². The number of rotatable bonds is 2. The van der Waals surface area contributed by atoms with Crippen molar-refractivity contribution >= 4 is 0 Å². The number of nitrogens with one attached hydrogen (secondary N) is 1. The quantitative estimate of drug-likeness (QED) is 0.646. The van der Waals surface area contributed by atoms with E-state index < -0.39 is 0 Å². The predicted octanol–water partition coefficient (Wildman–Crippen LogP) is 1.39. The van der Waals surface area contributed by atoms with Gasteiger partial charge in [0.2, 0.25) is 0 Å².